The minimum Gasteiger partial charge on any atom is -0.494 e. The van der Waals surface area contributed by atoms with Gasteiger partial charge in [0.25, 0.3) is 0 Å². The van der Waals surface area contributed by atoms with E-state index in [1.807, 2.05) is 6.92 Å². The average Bonchev–Trinajstić information content (AvgIpc) is 2.09. The topological polar surface area (TPSA) is 38.7 Å². The van der Waals surface area contributed by atoms with E-state index in [4.69, 9.17) is 4.74 Å². The first-order valence-corrected chi connectivity index (χ1v) is 4.29. The minimum absolute atomic E-state index is 0.208. The summed E-state index contributed by atoms with van der Waals surface area (Å²) in [5, 5.41) is 0. The summed E-state index contributed by atoms with van der Waals surface area (Å²) in [6, 6.07) is 7.07. The van der Waals surface area contributed by atoms with Crippen LogP contribution in [0.1, 0.15) is 6.92 Å². The van der Waals surface area contributed by atoms with E-state index < -0.39 is 0 Å². The van der Waals surface area contributed by atoms with Gasteiger partial charge in [-0.25, -0.2) is 0 Å². The van der Waals surface area contributed by atoms with Crippen LogP contribution in [-0.2, 0) is 11.5 Å². The first-order chi connectivity index (χ1) is 5.86. The zero-order valence-corrected chi connectivity index (χ0v) is 7.50. The van der Waals surface area contributed by atoms with Crippen molar-refractivity contribution in [2.45, 2.75) is 6.92 Å². The predicted molar refractivity (Wildman–Crippen MR) is 47.8 cm³/mol. The molecule has 0 N–H and O–H groups in total. The van der Waals surface area contributed by atoms with E-state index in [0.717, 1.165) is 5.75 Å². The molecular weight excluding hydrogens is 174 g/mol. The van der Waals surface area contributed by atoms with Crippen molar-refractivity contribution in [1.82, 2.24) is 0 Å². The van der Waals surface area contributed by atoms with Gasteiger partial charge in [0.05, 0.1) is 12.3 Å². The third-order valence-corrected chi connectivity index (χ3v) is 1.58. The van der Waals surface area contributed by atoms with E-state index in [2.05, 4.69) is 4.36 Å². The van der Waals surface area contributed by atoms with E-state index in [9.17, 15) is 4.21 Å². The van der Waals surface area contributed by atoms with Gasteiger partial charge in [0.15, 0.2) is 0 Å². The van der Waals surface area contributed by atoms with Crippen LogP contribution in [0.5, 0.6) is 5.75 Å². The van der Waals surface area contributed by atoms with Crippen molar-refractivity contribution in [1.29, 1.82) is 0 Å². The lowest BCUT2D eigenvalue weighted by Crippen LogP contribution is -1.89. The van der Waals surface area contributed by atoms with Crippen molar-refractivity contribution in [3.8, 4) is 5.75 Å². The Kier molecular flexibility index (Phi) is 3.47. The highest BCUT2D eigenvalue weighted by atomic mass is 32.1. The van der Waals surface area contributed by atoms with Crippen LogP contribution in [0.15, 0.2) is 28.6 Å². The number of hydrogen-bond acceptors (Lipinski definition) is 3. The average molecular weight is 183 g/mol. The van der Waals surface area contributed by atoms with E-state index in [1.54, 1.807) is 24.3 Å². The lowest BCUT2D eigenvalue weighted by molar-refractivity contribution is 0.340. The molecule has 0 atom stereocenters. The summed E-state index contributed by atoms with van der Waals surface area (Å²) in [5.41, 5.74) is 0.665. The summed E-state index contributed by atoms with van der Waals surface area (Å²) in [6.45, 7) is 2.57. The smallest absolute Gasteiger partial charge is 0.205 e. The molecule has 1 aromatic rings. The van der Waals surface area contributed by atoms with Crippen LogP contribution < -0.4 is 4.74 Å². The molecule has 0 aliphatic heterocycles. The molecule has 1 rings (SSSR count). The quantitative estimate of drug-likeness (QED) is 0.719. The zero-order valence-electron chi connectivity index (χ0n) is 6.69. The molecular formula is C8H9NO2S. The molecule has 1 aromatic carbocycles. The van der Waals surface area contributed by atoms with Crippen LogP contribution in [0, 0.1) is 0 Å². The molecule has 0 amide bonds. The molecule has 0 aliphatic rings. The fourth-order valence-corrected chi connectivity index (χ4v) is 1.02. The van der Waals surface area contributed by atoms with Gasteiger partial charge in [-0.3, -0.25) is 0 Å². The molecule has 4 heteroatoms. The third kappa shape index (κ3) is 2.47. The fraction of sp³-hybridized carbons (Fsp3) is 0.250. The molecule has 0 fully saturated rings. The van der Waals surface area contributed by atoms with Crippen LogP contribution in [0.4, 0.5) is 5.69 Å². The lowest BCUT2D eigenvalue weighted by Gasteiger charge is -2.00. The van der Waals surface area contributed by atoms with Gasteiger partial charge in [0.1, 0.15) is 5.75 Å². The summed E-state index contributed by atoms with van der Waals surface area (Å²) in [7, 11) is 0. The first kappa shape index (κ1) is 8.93. The maximum absolute atomic E-state index is 10.0. The van der Waals surface area contributed by atoms with E-state index in [1.165, 1.54) is 0 Å². The van der Waals surface area contributed by atoms with Gasteiger partial charge in [0.2, 0.25) is 11.5 Å². The molecule has 0 bridgehead atoms. The Morgan fingerprint density at radius 2 is 2.08 bits per heavy atom. The van der Waals surface area contributed by atoms with Crippen molar-refractivity contribution >= 4 is 17.2 Å². The van der Waals surface area contributed by atoms with Crippen molar-refractivity contribution in [2.75, 3.05) is 6.61 Å². The Morgan fingerprint density at radius 1 is 1.42 bits per heavy atom. The summed E-state index contributed by atoms with van der Waals surface area (Å²) in [6.07, 6.45) is 0. The zero-order chi connectivity index (χ0) is 8.81. The standard InChI is InChI=1S/C8H9NO2S/c1-2-11-8-5-3-7(4-6-8)9-12-10/h3-6H,2H2,1H3. The van der Waals surface area contributed by atoms with Crippen molar-refractivity contribution < 1.29 is 8.95 Å². The number of rotatable bonds is 3. The predicted octanol–water partition coefficient (Wildman–Crippen LogP) is 2.11. The fourth-order valence-electron chi connectivity index (χ4n) is 0.813. The molecule has 64 valence electrons. The van der Waals surface area contributed by atoms with Gasteiger partial charge in [-0.05, 0) is 31.2 Å². The molecule has 0 aliphatic carbocycles. The molecule has 0 heterocycles. The van der Waals surface area contributed by atoms with E-state index in [-0.39, 0.29) is 11.5 Å². The molecule has 3 nitrogen and oxygen atoms in total. The van der Waals surface area contributed by atoms with Gasteiger partial charge in [-0.15, -0.1) is 0 Å². The highest BCUT2D eigenvalue weighted by Gasteiger charge is 1.91. The molecule has 12 heavy (non-hydrogen) atoms. The van der Waals surface area contributed by atoms with E-state index in [0.29, 0.717) is 12.3 Å². The Balaban J connectivity index is 2.77. The number of hydrogen-bond donors (Lipinski definition) is 0. The van der Waals surface area contributed by atoms with Crippen LogP contribution in [0.25, 0.3) is 0 Å². The summed E-state index contributed by atoms with van der Waals surface area (Å²) in [4.78, 5) is 0. The molecule has 0 aromatic heterocycles. The Labute approximate surface area is 74.6 Å². The summed E-state index contributed by atoms with van der Waals surface area (Å²) >= 11 is 0.208. The number of ether oxygens (including phenoxy) is 1. The Hall–Kier alpha value is -1.16. The van der Waals surface area contributed by atoms with Crippen molar-refractivity contribution in [3.63, 3.8) is 0 Å². The van der Waals surface area contributed by atoms with Gasteiger partial charge in [-0.2, -0.15) is 8.57 Å². The highest BCUT2D eigenvalue weighted by molar-refractivity contribution is 7.54. The largest absolute Gasteiger partial charge is 0.494 e. The molecule has 0 spiro atoms. The summed E-state index contributed by atoms with van der Waals surface area (Å²) < 4.78 is 18.9. The highest BCUT2D eigenvalue weighted by Crippen LogP contribution is 2.17. The second-order valence-electron chi connectivity index (χ2n) is 2.09. The van der Waals surface area contributed by atoms with Crippen LogP contribution >= 0.6 is 0 Å². The molecule has 0 saturated heterocycles. The molecule has 0 unspecified atom stereocenters. The lowest BCUT2D eigenvalue weighted by atomic mass is 10.3. The first-order valence-electron chi connectivity index (χ1n) is 3.59. The Morgan fingerprint density at radius 3 is 2.58 bits per heavy atom. The molecule has 0 saturated carbocycles. The maximum atomic E-state index is 10.0. The van der Waals surface area contributed by atoms with Crippen LogP contribution in [-0.4, -0.2) is 10.8 Å². The Bertz CT molecular complexity index is 290. The molecule has 0 radical (unpaired) electrons. The third-order valence-electron chi connectivity index (χ3n) is 1.29. The van der Waals surface area contributed by atoms with Crippen molar-refractivity contribution in [2.24, 2.45) is 4.36 Å². The van der Waals surface area contributed by atoms with Crippen LogP contribution in [0.2, 0.25) is 0 Å². The summed E-state index contributed by atoms with van der Waals surface area (Å²) in [5.74, 6) is 0.798. The second-order valence-corrected chi connectivity index (χ2v) is 2.42. The normalized spacial score (nSPS) is 9.08. The van der Waals surface area contributed by atoms with Gasteiger partial charge >= 0.3 is 0 Å². The monoisotopic (exact) mass is 183 g/mol. The van der Waals surface area contributed by atoms with Gasteiger partial charge in [-0.1, -0.05) is 0 Å². The number of benzene rings is 1. The van der Waals surface area contributed by atoms with Gasteiger partial charge in [0, 0.05) is 0 Å². The van der Waals surface area contributed by atoms with E-state index >= 15 is 0 Å². The number of nitrogens with zero attached hydrogens (tertiary/aromatic N) is 1. The second kappa shape index (κ2) is 4.66. The maximum Gasteiger partial charge on any atom is 0.205 e. The van der Waals surface area contributed by atoms with Crippen LogP contribution in [0.3, 0.4) is 0 Å². The van der Waals surface area contributed by atoms with Crippen molar-refractivity contribution in [3.05, 3.63) is 24.3 Å². The van der Waals surface area contributed by atoms with Gasteiger partial charge < -0.3 is 4.74 Å². The SMILES string of the molecule is CCOc1ccc(N=S=O)cc1. The minimum atomic E-state index is 0.208.